The Kier molecular flexibility index (Phi) is 4.60. The van der Waals surface area contributed by atoms with E-state index >= 15 is 0 Å². The molecule has 1 aliphatic rings. The topological polar surface area (TPSA) is 23.5 Å². The first-order valence-corrected chi connectivity index (χ1v) is 7.12. The summed E-state index contributed by atoms with van der Waals surface area (Å²) in [7, 11) is 0. The summed E-state index contributed by atoms with van der Waals surface area (Å²) >= 11 is 3.52. The molecular weight excluding hydrogens is 278 g/mol. The van der Waals surface area contributed by atoms with Gasteiger partial charge in [0.05, 0.1) is 12.6 Å². The molecule has 0 bridgehead atoms. The average Bonchev–Trinajstić information content (AvgIpc) is 2.36. The highest BCUT2D eigenvalue weighted by Crippen LogP contribution is 2.28. The average molecular weight is 298 g/mol. The molecule has 1 aromatic rings. The van der Waals surface area contributed by atoms with Crippen LogP contribution in [0.5, 0.6) is 0 Å². The molecule has 0 aromatic heterocycles. The number of benzene rings is 1. The Balaban J connectivity index is 2.24. The lowest BCUT2D eigenvalue weighted by atomic mass is 9.98. The molecule has 0 spiro atoms. The predicted molar refractivity (Wildman–Crippen MR) is 74.1 cm³/mol. The third kappa shape index (κ3) is 3.09. The van der Waals surface area contributed by atoms with Gasteiger partial charge < -0.3 is 5.11 Å². The monoisotopic (exact) mass is 297 g/mol. The molecule has 1 N–H and O–H groups in total. The summed E-state index contributed by atoms with van der Waals surface area (Å²) in [6.45, 7) is 4.54. The van der Waals surface area contributed by atoms with Crippen molar-refractivity contribution in [2.45, 2.75) is 32.2 Å². The van der Waals surface area contributed by atoms with Crippen LogP contribution < -0.4 is 0 Å². The first kappa shape index (κ1) is 13.1. The van der Waals surface area contributed by atoms with E-state index in [4.69, 9.17) is 0 Å². The lowest BCUT2D eigenvalue weighted by molar-refractivity contribution is 0.104. The number of aliphatic hydroxyl groups excluding tert-OH is 1. The molecule has 1 heterocycles. The Morgan fingerprint density at radius 1 is 1.29 bits per heavy atom. The van der Waals surface area contributed by atoms with Gasteiger partial charge in [0.2, 0.25) is 0 Å². The highest BCUT2D eigenvalue weighted by molar-refractivity contribution is 9.10. The van der Waals surface area contributed by atoms with E-state index in [1.54, 1.807) is 0 Å². The minimum absolute atomic E-state index is 0.160. The van der Waals surface area contributed by atoms with E-state index in [1.165, 1.54) is 30.4 Å². The van der Waals surface area contributed by atoms with Gasteiger partial charge in [-0.2, -0.15) is 0 Å². The van der Waals surface area contributed by atoms with Crippen molar-refractivity contribution in [3.8, 4) is 0 Å². The number of likely N-dealkylation sites (tertiary alicyclic amines) is 1. The predicted octanol–water partition coefficient (Wildman–Crippen LogP) is 3.28. The van der Waals surface area contributed by atoms with Crippen molar-refractivity contribution < 1.29 is 5.11 Å². The lowest BCUT2D eigenvalue weighted by Gasteiger charge is -2.34. The van der Waals surface area contributed by atoms with Crippen molar-refractivity contribution in [2.75, 3.05) is 19.7 Å². The molecule has 3 heteroatoms. The van der Waals surface area contributed by atoms with Gasteiger partial charge in [-0.15, -0.1) is 0 Å². The van der Waals surface area contributed by atoms with E-state index in [0.717, 1.165) is 17.6 Å². The van der Waals surface area contributed by atoms with Gasteiger partial charge in [0, 0.05) is 4.47 Å². The second-order valence-corrected chi connectivity index (χ2v) is 5.71. The van der Waals surface area contributed by atoms with Crippen LogP contribution in [0.3, 0.4) is 0 Å². The molecule has 0 aliphatic carbocycles. The number of hydrogen-bond donors (Lipinski definition) is 1. The molecule has 1 fully saturated rings. The number of aryl methyl sites for hydroxylation is 1. The summed E-state index contributed by atoms with van der Waals surface area (Å²) in [6.07, 6.45) is 3.83. The first-order chi connectivity index (χ1) is 8.22. The van der Waals surface area contributed by atoms with Crippen molar-refractivity contribution >= 4 is 15.9 Å². The molecule has 1 aliphatic heterocycles. The molecule has 94 valence electrons. The third-order valence-electron chi connectivity index (χ3n) is 3.60. The van der Waals surface area contributed by atoms with Crippen LogP contribution in [0, 0.1) is 6.92 Å². The van der Waals surface area contributed by atoms with E-state index in [2.05, 4.69) is 46.0 Å². The van der Waals surface area contributed by atoms with Crippen molar-refractivity contribution in [3.63, 3.8) is 0 Å². The second-order valence-electron chi connectivity index (χ2n) is 4.80. The van der Waals surface area contributed by atoms with E-state index in [1.807, 2.05) is 0 Å². The Morgan fingerprint density at radius 3 is 2.65 bits per heavy atom. The minimum atomic E-state index is 0.160. The molecule has 0 saturated carbocycles. The molecule has 2 rings (SSSR count). The molecule has 1 saturated heterocycles. The van der Waals surface area contributed by atoms with Crippen LogP contribution in [0.4, 0.5) is 0 Å². The molecule has 0 amide bonds. The number of nitrogens with zero attached hydrogens (tertiary/aromatic N) is 1. The van der Waals surface area contributed by atoms with E-state index in [-0.39, 0.29) is 12.6 Å². The number of aliphatic hydroxyl groups is 1. The highest BCUT2D eigenvalue weighted by Gasteiger charge is 2.22. The van der Waals surface area contributed by atoms with Gasteiger partial charge in [0.25, 0.3) is 0 Å². The number of rotatable bonds is 3. The first-order valence-electron chi connectivity index (χ1n) is 6.33. The largest absolute Gasteiger partial charge is 0.394 e. The summed E-state index contributed by atoms with van der Waals surface area (Å²) in [5.74, 6) is 0. The fraction of sp³-hybridized carbons (Fsp3) is 0.571. The quantitative estimate of drug-likeness (QED) is 0.925. The third-order valence-corrected chi connectivity index (χ3v) is 4.10. The molecule has 0 radical (unpaired) electrons. The van der Waals surface area contributed by atoms with Gasteiger partial charge in [-0.05, 0) is 56.1 Å². The Morgan fingerprint density at radius 2 is 2.00 bits per heavy atom. The van der Waals surface area contributed by atoms with E-state index in [9.17, 15) is 5.11 Å². The van der Waals surface area contributed by atoms with E-state index < -0.39 is 0 Å². The minimum Gasteiger partial charge on any atom is -0.394 e. The van der Waals surface area contributed by atoms with Crippen molar-refractivity contribution in [1.82, 2.24) is 4.90 Å². The van der Waals surface area contributed by atoms with Crippen LogP contribution in [0.25, 0.3) is 0 Å². The van der Waals surface area contributed by atoms with Gasteiger partial charge in [0.15, 0.2) is 0 Å². The van der Waals surface area contributed by atoms with Gasteiger partial charge in [0.1, 0.15) is 0 Å². The molecular formula is C14H20BrNO. The van der Waals surface area contributed by atoms with Crippen LogP contribution in [0.2, 0.25) is 0 Å². The zero-order valence-corrected chi connectivity index (χ0v) is 11.9. The van der Waals surface area contributed by atoms with Crippen LogP contribution in [-0.4, -0.2) is 29.7 Å². The van der Waals surface area contributed by atoms with Gasteiger partial charge in [-0.1, -0.05) is 28.4 Å². The van der Waals surface area contributed by atoms with Crippen LogP contribution >= 0.6 is 15.9 Å². The Bertz CT molecular complexity index is 374. The maximum Gasteiger partial charge on any atom is 0.0628 e. The van der Waals surface area contributed by atoms with Gasteiger partial charge in [-0.25, -0.2) is 0 Å². The standard InChI is InChI=1S/C14H20BrNO/c1-11-5-6-12(15)9-13(11)14(10-17)16-7-3-2-4-8-16/h5-6,9,14,17H,2-4,7-8,10H2,1H3. The molecule has 1 aromatic carbocycles. The molecule has 1 atom stereocenters. The number of halogens is 1. The molecule has 2 nitrogen and oxygen atoms in total. The van der Waals surface area contributed by atoms with Crippen molar-refractivity contribution in [2.24, 2.45) is 0 Å². The summed E-state index contributed by atoms with van der Waals surface area (Å²) < 4.78 is 1.09. The summed E-state index contributed by atoms with van der Waals surface area (Å²) in [4.78, 5) is 2.41. The lowest BCUT2D eigenvalue weighted by Crippen LogP contribution is -2.35. The summed E-state index contributed by atoms with van der Waals surface area (Å²) in [5.41, 5.74) is 2.52. The zero-order chi connectivity index (χ0) is 12.3. The van der Waals surface area contributed by atoms with Gasteiger partial charge in [-0.3, -0.25) is 4.90 Å². The van der Waals surface area contributed by atoms with Crippen LogP contribution in [0.1, 0.15) is 36.4 Å². The van der Waals surface area contributed by atoms with Gasteiger partial charge >= 0.3 is 0 Å². The fourth-order valence-corrected chi connectivity index (χ4v) is 2.99. The fourth-order valence-electron chi connectivity index (χ4n) is 2.61. The summed E-state index contributed by atoms with van der Waals surface area (Å²) in [5, 5.41) is 9.69. The van der Waals surface area contributed by atoms with Crippen LogP contribution in [0.15, 0.2) is 22.7 Å². The Hall–Kier alpha value is -0.380. The maximum atomic E-state index is 9.69. The smallest absolute Gasteiger partial charge is 0.0628 e. The van der Waals surface area contributed by atoms with Crippen LogP contribution in [-0.2, 0) is 0 Å². The normalized spacial score (nSPS) is 19.2. The molecule has 1 unspecified atom stereocenters. The maximum absolute atomic E-state index is 9.69. The van der Waals surface area contributed by atoms with Crippen molar-refractivity contribution in [3.05, 3.63) is 33.8 Å². The van der Waals surface area contributed by atoms with Crippen molar-refractivity contribution in [1.29, 1.82) is 0 Å². The second kappa shape index (κ2) is 5.98. The number of hydrogen-bond acceptors (Lipinski definition) is 2. The van der Waals surface area contributed by atoms with E-state index in [0.29, 0.717) is 0 Å². The number of piperidine rings is 1. The molecule has 17 heavy (non-hydrogen) atoms. The SMILES string of the molecule is Cc1ccc(Br)cc1C(CO)N1CCCCC1. The highest BCUT2D eigenvalue weighted by atomic mass is 79.9. The summed E-state index contributed by atoms with van der Waals surface area (Å²) in [6, 6.07) is 6.48. The Labute approximate surface area is 112 Å². The zero-order valence-electron chi connectivity index (χ0n) is 10.3.